The number of fused-ring (bicyclic) bond motifs is 1. The quantitative estimate of drug-likeness (QED) is 0.707. The maximum absolute atomic E-state index is 12.2. The molecule has 0 aromatic carbocycles. The molecule has 0 amide bonds. The van der Waals surface area contributed by atoms with Crippen LogP contribution in [-0.2, 0) is 13.6 Å². The molecule has 102 valence electrons. The van der Waals surface area contributed by atoms with Crippen LogP contribution >= 0.6 is 0 Å². The largest absolute Gasteiger partial charge is 0.475 e. The molecule has 0 aliphatic heterocycles. The molecule has 9 nitrogen and oxygen atoms in total. The van der Waals surface area contributed by atoms with Crippen molar-refractivity contribution in [1.82, 2.24) is 24.8 Å². The molecule has 3 aromatic heterocycles. The van der Waals surface area contributed by atoms with Gasteiger partial charge in [-0.25, -0.2) is 14.2 Å². The van der Waals surface area contributed by atoms with Crippen LogP contribution in [0.4, 0.5) is 0 Å². The molecule has 20 heavy (non-hydrogen) atoms. The minimum absolute atomic E-state index is 0.0329. The van der Waals surface area contributed by atoms with Gasteiger partial charge in [-0.05, 0) is 6.07 Å². The van der Waals surface area contributed by atoms with Crippen molar-refractivity contribution in [2.24, 2.45) is 7.05 Å². The summed E-state index contributed by atoms with van der Waals surface area (Å²) in [5, 5.41) is 20.9. The highest BCUT2D eigenvalue weighted by atomic mass is 16.4. The van der Waals surface area contributed by atoms with Crippen LogP contribution in [0.3, 0.4) is 0 Å². The summed E-state index contributed by atoms with van der Waals surface area (Å²) in [6, 6.07) is 1.48. The molecule has 0 unspecified atom stereocenters. The predicted molar refractivity (Wildman–Crippen MR) is 65.3 cm³/mol. The first-order valence-corrected chi connectivity index (χ1v) is 5.63. The van der Waals surface area contributed by atoms with Gasteiger partial charge in [0.05, 0.1) is 19.0 Å². The number of aryl methyl sites for hydroxylation is 1. The van der Waals surface area contributed by atoms with Gasteiger partial charge in [-0.3, -0.25) is 4.79 Å². The zero-order chi connectivity index (χ0) is 14.3. The molecule has 3 rings (SSSR count). The van der Waals surface area contributed by atoms with E-state index in [4.69, 9.17) is 9.52 Å². The highest BCUT2D eigenvalue weighted by Crippen LogP contribution is 2.11. The van der Waals surface area contributed by atoms with Crippen molar-refractivity contribution in [2.45, 2.75) is 6.54 Å². The smallest absolute Gasteiger partial charge is 0.372 e. The van der Waals surface area contributed by atoms with Gasteiger partial charge in [0.2, 0.25) is 5.76 Å². The van der Waals surface area contributed by atoms with Crippen LogP contribution < -0.4 is 5.56 Å². The van der Waals surface area contributed by atoms with Crippen LogP contribution in [0, 0.1) is 0 Å². The van der Waals surface area contributed by atoms with Crippen LogP contribution in [0.2, 0.25) is 0 Å². The number of carbonyl (C=O) groups is 1. The number of nitrogens with zero attached hydrogens (tertiary/aromatic N) is 5. The van der Waals surface area contributed by atoms with Crippen molar-refractivity contribution >= 4 is 17.0 Å². The Balaban J connectivity index is 2.07. The highest BCUT2D eigenvalue weighted by molar-refractivity contribution is 5.86. The summed E-state index contributed by atoms with van der Waals surface area (Å²) in [5.41, 5.74) is 0.328. The Morgan fingerprint density at radius 1 is 1.50 bits per heavy atom. The molecule has 0 saturated carbocycles. The molecule has 3 heterocycles. The minimum Gasteiger partial charge on any atom is -0.475 e. The van der Waals surface area contributed by atoms with Crippen molar-refractivity contribution in [3.63, 3.8) is 0 Å². The summed E-state index contributed by atoms with van der Waals surface area (Å²) in [7, 11) is 1.65. The lowest BCUT2D eigenvalue weighted by Gasteiger charge is -2.02. The fourth-order valence-electron chi connectivity index (χ4n) is 1.89. The van der Waals surface area contributed by atoms with Crippen LogP contribution in [0.5, 0.6) is 0 Å². The monoisotopic (exact) mass is 275 g/mol. The van der Waals surface area contributed by atoms with Gasteiger partial charge < -0.3 is 9.52 Å². The third-order valence-corrected chi connectivity index (χ3v) is 2.88. The van der Waals surface area contributed by atoms with E-state index in [1.807, 2.05) is 0 Å². The van der Waals surface area contributed by atoms with Gasteiger partial charge in [-0.1, -0.05) is 5.21 Å². The molecule has 0 radical (unpaired) electrons. The second-order valence-corrected chi connectivity index (χ2v) is 4.14. The Labute approximate surface area is 111 Å². The normalized spacial score (nSPS) is 11.1. The Morgan fingerprint density at radius 3 is 3.05 bits per heavy atom. The lowest BCUT2D eigenvalue weighted by Crippen LogP contribution is -2.25. The van der Waals surface area contributed by atoms with Gasteiger partial charge in [0.25, 0.3) is 5.56 Å². The van der Waals surface area contributed by atoms with Gasteiger partial charge in [0.15, 0.2) is 5.65 Å². The summed E-state index contributed by atoms with van der Waals surface area (Å²) < 4.78 is 7.36. The number of rotatable bonds is 3. The zero-order valence-corrected chi connectivity index (χ0v) is 10.3. The summed E-state index contributed by atoms with van der Waals surface area (Å²) in [6.45, 7) is -0.0329. The standard InChI is InChI=1S/C11H9N5O4/c1-15-9-7(4-12-15)10(17)16(14-13-9)5-6-2-3-20-8(6)11(18)19/h2-4H,5H2,1H3,(H,18,19). The molecule has 0 spiro atoms. The molecular formula is C11H9N5O4. The van der Waals surface area contributed by atoms with Crippen LogP contribution in [-0.4, -0.2) is 35.9 Å². The average molecular weight is 275 g/mol. The number of furan rings is 1. The lowest BCUT2D eigenvalue weighted by atomic mass is 10.2. The number of hydrogen-bond acceptors (Lipinski definition) is 6. The maximum Gasteiger partial charge on any atom is 0.372 e. The van der Waals surface area contributed by atoms with Gasteiger partial charge in [0, 0.05) is 12.6 Å². The molecule has 3 aromatic rings. The molecule has 0 saturated heterocycles. The number of aromatic nitrogens is 5. The van der Waals surface area contributed by atoms with E-state index in [0.717, 1.165) is 4.68 Å². The van der Waals surface area contributed by atoms with E-state index < -0.39 is 5.97 Å². The Kier molecular flexibility index (Phi) is 2.60. The van der Waals surface area contributed by atoms with Crippen LogP contribution in [0.15, 0.2) is 27.7 Å². The van der Waals surface area contributed by atoms with Gasteiger partial charge >= 0.3 is 5.97 Å². The predicted octanol–water partition coefficient (Wildman–Crippen LogP) is -0.136. The zero-order valence-electron chi connectivity index (χ0n) is 10.3. The average Bonchev–Trinajstić information content (AvgIpc) is 3.00. The van der Waals surface area contributed by atoms with Crippen molar-refractivity contribution in [2.75, 3.05) is 0 Å². The van der Waals surface area contributed by atoms with E-state index in [0.29, 0.717) is 16.6 Å². The Hall–Kier alpha value is -2.97. The van der Waals surface area contributed by atoms with E-state index in [-0.39, 0.29) is 17.9 Å². The molecule has 1 N–H and O–H groups in total. The SMILES string of the molecule is Cn1ncc2c(=O)n(Cc3ccoc3C(=O)O)nnc21. The third kappa shape index (κ3) is 1.76. The van der Waals surface area contributed by atoms with Crippen molar-refractivity contribution in [3.05, 3.63) is 40.2 Å². The minimum atomic E-state index is -1.20. The van der Waals surface area contributed by atoms with E-state index in [1.54, 1.807) is 7.05 Å². The first-order valence-electron chi connectivity index (χ1n) is 5.63. The Bertz CT molecular complexity index is 859. The van der Waals surface area contributed by atoms with E-state index in [2.05, 4.69) is 15.4 Å². The number of aromatic carboxylic acids is 1. The summed E-state index contributed by atoms with van der Waals surface area (Å²) in [5.74, 6) is -1.42. The topological polar surface area (TPSA) is 116 Å². The molecule has 0 atom stereocenters. The fourth-order valence-corrected chi connectivity index (χ4v) is 1.89. The first-order chi connectivity index (χ1) is 9.58. The van der Waals surface area contributed by atoms with E-state index >= 15 is 0 Å². The highest BCUT2D eigenvalue weighted by Gasteiger charge is 2.16. The van der Waals surface area contributed by atoms with Gasteiger partial charge in [0.1, 0.15) is 5.39 Å². The molecule has 0 aliphatic carbocycles. The van der Waals surface area contributed by atoms with E-state index in [9.17, 15) is 9.59 Å². The second-order valence-electron chi connectivity index (χ2n) is 4.14. The number of carboxylic acids is 1. The van der Waals surface area contributed by atoms with Gasteiger partial charge in [-0.2, -0.15) is 5.10 Å². The molecule has 0 fully saturated rings. The first kappa shape index (κ1) is 12.1. The summed E-state index contributed by atoms with van der Waals surface area (Å²) >= 11 is 0. The van der Waals surface area contributed by atoms with Crippen LogP contribution in [0.25, 0.3) is 11.0 Å². The van der Waals surface area contributed by atoms with Crippen LogP contribution in [0.1, 0.15) is 16.1 Å². The maximum atomic E-state index is 12.2. The van der Waals surface area contributed by atoms with Crippen molar-refractivity contribution in [3.8, 4) is 0 Å². The van der Waals surface area contributed by atoms with E-state index in [1.165, 1.54) is 23.2 Å². The van der Waals surface area contributed by atoms with Gasteiger partial charge in [-0.15, -0.1) is 5.10 Å². The summed E-state index contributed by atoms with van der Waals surface area (Å²) in [4.78, 5) is 23.1. The fraction of sp³-hybridized carbons (Fsp3) is 0.182. The molecule has 0 aliphatic rings. The molecule has 0 bridgehead atoms. The summed E-state index contributed by atoms with van der Waals surface area (Å²) in [6.07, 6.45) is 2.65. The third-order valence-electron chi connectivity index (χ3n) is 2.88. The number of carboxylic acid groups (broad SMARTS) is 1. The second kappa shape index (κ2) is 4.30. The van der Waals surface area contributed by atoms with Crippen molar-refractivity contribution in [1.29, 1.82) is 0 Å². The number of hydrogen-bond donors (Lipinski definition) is 1. The molecule has 9 heteroatoms. The van der Waals surface area contributed by atoms with Crippen molar-refractivity contribution < 1.29 is 14.3 Å². The lowest BCUT2D eigenvalue weighted by molar-refractivity contribution is 0.0660. The molecular weight excluding hydrogens is 266 g/mol. The Morgan fingerprint density at radius 2 is 2.30 bits per heavy atom.